The van der Waals surface area contributed by atoms with Gasteiger partial charge in [0.05, 0.1) is 26.1 Å². The molecule has 0 heterocycles. The third kappa shape index (κ3) is 7.46. The molecule has 0 spiro atoms. The molecule has 0 saturated carbocycles. The van der Waals surface area contributed by atoms with Crippen LogP contribution in [0.3, 0.4) is 0 Å². The van der Waals surface area contributed by atoms with Gasteiger partial charge in [0, 0.05) is 19.7 Å². The van der Waals surface area contributed by atoms with E-state index in [0.29, 0.717) is 32.7 Å². The first-order valence-electron chi connectivity index (χ1n) is 8.36. The molecule has 0 bridgehead atoms. The normalized spacial score (nSPS) is 10.3. The summed E-state index contributed by atoms with van der Waals surface area (Å²) in [6.07, 6.45) is 0.896. The maximum absolute atomic E-state index is 12.5. The molecule has 1 aromatic rings. The van der Waals surface area contributed by atoms with Crippen LogP contribution in [0.1, 0.15) is 32.3 Å². The molecule has 134 valence electrons. The zero-order chi connectivity index (χ0) is 17.8. The SMILES string of the molecule is CCOC(=O)CCN(CCCO)C(=O)Cc1ccc(OCC)cc1. The van der Waals surface area contributed by atoms with Crippen LogP contribution in [-0.2, 0) is 20.7 Å². The fourth-order valence-electron chi connectivity index (χ4n) is 2.24. The molecule has 6 heteroatoms. The third-order valence-electron chi connectivity index (χ3n) is 3.42. The molecule has 1 N–H and O–H groups in total. The van der Waals surface area contributed by atoms with Gasteiger partial charge >= 0.3 is 5.97 Å². The number of ether oxygens (including phenoxy) is 2. The van der Waals surface area contributed by atoms with E-state index in [4.69, 9.17) is 14.6 Å². The molecule has 0 aromatic heterocycles. The van der Waals surface area contributed by atoms with E-state index < -0.39 is 0 Å². The quantitative estimate of drug-likeness (QED) is 0.623. The van der Waals surface area contributed by atoms with E-state index >= 15 is 0 Å². The smallest absolute Gasteiger partial charge is 0.307 e. The van der Waals surface area contributed by atoms with Crippen molar-refractivity contribution in [2.24, 2.45) is 0 Å². The number of esters is 1. The fourth-order valence-corrected chi connectivity index (χ4v) is 2.24. The van der Waals surface area contributed by atoms with E-state index in [9.17, 15) is 9.59 Å². The Hall–Kier alpha value is -2.08. The minimum Gasteiger partial charge on any atom is -0.494 e. The van der Waals surface area contributed by atoms with Crippen molar-refractivity contribution in [2.75, 3.05) is 32.9 Å². The molecule has 24 heavy (non-hydrogen) atoms. The number of aliphatic hydroxyl groups is 1. The Morgan fingerprint density at radius 3 is 2.38 bits per heavy atom. The molecule has 1 amide bonds. The van der Waals surface area contributed by atoms with E-state index in [0.717, 1.165) is 11.3 Å². The van der Waals surface area contributed by atoms with E-state index in [2.05, 4.69) is 0 Å². The lowest BCUT2D eigenvalue weighted by Crippen LogP contribution is -2.35. The zero-order valence-electron chi connectivity index (χ0n) is 14.5. The molecule has 0 fully saturated rings. The number of rotatable bonds is 11. The summed E-state index contributed by atoms with van der Waals surface area (Å²) in [5.41, 5.74) is 0.883. The molecular formula is C18H27NO5. The van der Waals surface area contributed by atoms with Crippen LogP contribution in [0.2, 0.25) is 0 Å². The molecule has 0 aliphatic carbocycles. The average molecular weight is 337 g/mol. The van der Waals surface area contributed by atoms with E-state index in [1.165, 1.54) is 0 Å². The van der Waals surface area contributed by atoms with Crippen LogP contribution in [0.5, 0.6) is 5.75 Å². The predicted molar refractivity (Wildman–Crippen MR) is 90.8 cm³/mol. The van der Waals surface area contributed by atoms with Crippen molar-refractivity contribution in [3.05, 3.63) is 29.8 Å². The minimum absolute atomic E-state index is 0.00619. The van der Waals surface area contributed by atoms with Crippen molar-refractivity contribution in [1.29, 1.82) is 0 Å². The van der Waals surface area contributed by atoms with Crippen molar-refractivity contribution in [1.82, 2.24) is 4.90 Å². The first-order chi connectivity index (χ1) is 11.6. The van der Waals surface area contributed by atoms with Crippen molar-refractivity contribution in [3.8, 4) is 5.75 Å². The monoisotopic (exact) mass is 337 g/mol. The number of carbonyl (C=O) groups is 2. The lowest BCUT2D eigenvalue weighted by molar-refractivity contribution is -0.144. The van der Waals surface area contributed by atoms with Crippen LogP contribution >= 0.6 is 0 Å². The topological polar surface area (TPSA) is 76.1 Å². The summed E-state index contributed by atoms with van der Waals surface area (Å²) in [5.74, 6) is 0.380. The van der Waals surface area contributed by atoms with Crippen LogP contribution in [-0.4, -0.2) is 54.8 Å². The largest absolute Gasteiger partial charge is 0.494 e. The molecule has 0 radical (unpaired) electrons. The van der Waals surface area contributed by atoms with Crippen LogP contribution in [0.4, 0.5) is 0 Å². The third-order valence-corrected chi connectivity index (χ3v) is 3.42. The van der Waals surface area contributed by atoms with E-state index in [-0.39, 0.29) is 31.3 Å². The Labute approximate surface area is 143 Å². The second-order valence-electron chi connectivity index (χ2n) is 5.27. The van der Waals surface area contributed by atoms with E-state index in [1.54, 1.807) is 11.8 Å². The highest BCUT2D eigenvalue weighted by Crippen LogP contribution is 2.13. The summed E-state index contributed by atoms with van der Waals surface area (Å²) in [5, 5.41) is 8.99. The van der Waals surface area contributed by atoms with Gasteiger partial charge in [-0.15, -0.1) is 0 Å². The van der Waals surface area contributed by atoms with Crippen LogP contribution in [0.25, 0.3) is 0 Å². The summed E-state index contributed by atoms with van der Waals surface area (Å²) in [6.45, 7) is 5.32. The summed E-state index contributed by atoms with van der Waals surface area (Å²) in [4.78, 5) is 25.5. The standard InChI is InChI=1S/C18H27NO5/c1-3-23-16-8-6-15(7-9-16)14-17(21)19(11-5-13-20)12-10-18(22)24-4-2/h6-9,20H,3-5,10-14H2,1-2H3. The highest BCUT2D eigenvalue weighted by molar-refractivity contribution is 5.79. The van der Waals surface area contributed by atoms with Gasteiger partial charge in [-0.1, -0.05) is 12.1 Å². The number of nitrogens with zero attached hydrogens (tertiary/aromatic N) is 1. The molecular weight excluding hydrogens is 310 g/mol. The van der Waals surface area contributed by atoms with Gasteiger partial charge in [0.15, 0.2) is 0 Å². The molecule has 1 rings (SSSR count). The van der Waals surface area contributed by atoms with Gasteiger partial charge in [-0.3, -0.25) is 9.59 Å². The predicted octanol–water partition coefficient (Wildman–Crippen LogP) is 1.79. The van der Waals surface area contributed by atoms with Gasteiger partial charge in [-0.2, -0.15) is 0 Å². The molecule has 0 saturated heterocycles. The van der Waals surface area contributed by atoms with Crippen LogP contribution in [0, 0.1) is 0 Å². The van der Waals surface area contributed by atoms with Gasteiger partial charge in [-0.05, 0) is 38.0 Å². The first-order valence-corrected chi connectivity index (χ1v) is 8.36. The summed E-state index contributed by atoms with van der Waals surface area (Å²) < 4.78 is 10.3. The second kappa shape index (κ2) is 11.5. The number of carbonyl (C=O) groups excluding carboxylic acids is 2. The van der Waals surface area contributed by atoms with Gasteiger partial charge in [0.1, 0.15) is 5.75 Å². The number of hydrogen-bond acceptors (Lipinski definition) is 5. The number of hydrogen-bond donors (Lipinski definition) is 1. The van der Waals surface area contributed by atoms with Gasteiger partial charge in [-0.25, -0.2) is 0 Å². The molecule has 0 unspecified atom stereocenters. The van der Waals surface area contributed by atoms with Crippen molar-refractivity contribution in [3.63, 3.8) is 0 Å². The lowest BCUT2D eigenvalue weighted by atomic mass is 10.1. The number of aliphatic hydroxyl groups excluding tert-OH is 1. The number of benzene rings is 1. The van der Waals surface area contributed by atoms with Gasteiger partial charge in [0.25, 0.3) is 0 Å². The van der Waals surface area contributed by atoms with Crippen LogP contribution < -0.4 is 4.74 Å². The maximum atomic E-state index is 12.5. The van der Waals surface area contributed by atoms with Crippen molar-refractivity contribution in [2.45, 2.75) is 33.1 Å². The summed E-state index contributed by atoms with van der Waals surface area (Å²) in [6, 6.07) is 7.39. The van der Waals surface area contributed by atoms with Crippen molar-refractivity contribution >= 4 is 11.9 Å². The number of amides is 1. The Morgan fingerprint density at radius 2 is 1.79 bits per heavy atom. The van der Waals surface area contributed by atoms with Gasteiger partial charge < -0.3 is 19.5 Å². The Bertz CT molecular complexity index is 501. The molecule has 0 aliphatic rings. The Balaban J connectivity index is 2.60. The highest BCUT2D eigenvalue weighted by atomic mass is 16.5. The average Bonchev–Trinajstić information content (AvgIpc) is 2.57. The van der Waals surface area contributed by atoms with Crippen molar-refractivity contribution < 1.29 is 24.2 Å². The molecule has 1 aromatic carbocycles. The maximum Gasteiger partial charge on any atom is 0.307 e. The molecule has 6 nitrogen and oxygen atoms in total. The Morgan fingerprint density at radius 1 is 1.08 bits per heavy atom. The molecule has 0 atom stereocenters. The second-order valence-corrected chi connectivity index (χ2v) is 5.27. The molecule has 0 aliphatic heterocycles. The zero-order valence-corrected chi connectivity index (χ0v) is 14.5. The fraction of sp³-hybridized carbons (Fsp3) is 0.556. The lowest BCUT2D eigenvalue weighted by Gasteiger charge is -2.22. The Kier molecular flexibility index (Phi) is 9.53. The van der Waals surface area contributed by atoms with E-state index in [1.807, 2.05) is 31.2 Å². The van der Waals surface area contributed by atoms with Gasteiger partial charge in [0.2, 0.25) is 5.91 Å². The van der Waals surface area contributed by atoms with Crippen LogP contribution in [0.15, 0.2) is 24.3 Å². The first kappa shape index (κ1) is 20.0. The highest BCUT2D eigenvalue weighted by Gasteiger charge is 2.15. The summed E-state index contributed by atoms with van der Waals surface area (Å²) >= 11 is 0. The minimum atomic E-state index is -0.319. The summed E-state index contributed by atoms with van der Waals surface area (Å²) in [7, 11) is 0.